The van der Waals surface area contributed by atoms with Gasteiger partial charge >= 0.3 is 0 Å². The van der Waals surface area contributed by atoms with Crippen LogP contribution in [0, 0.1) is 11.3 Å². The predicted molar refractivity (Wildman–Crippen MR) is 40.2 cm³/mol. The van der Waals surface area contributed by atoms with Crippen molar-refractivity contribution < 1.29 is 0 Å². The molecule has 0 heterocycles. The van der Waals surface area contributed by atoms with Crippen molar-refractivity contribution in [1.29, 1.82) is 0 Å². The molecule has 3 unspecified atom stereocenters. The molecule has 1 aliphatic carbocycles. The molecule has 0 spiro atoms. The summed E-state index contributed by atoms with van der Waals surface area (Å²) in [5.41, 5.74) is 6.34. The molecule has 9 heavy (non-hydrogen) atoms. The molecular weight excluding hydrogens is 110 g/mol. The van der Waals surface area contributed by atoms with Crippen LogP contribution in [0.3, 0.4) is 0 Å². The Morgan fingerprint density at radius 3 is 2.33 bits per heavy atom. The summed E-state index contributed by atoms with van der Waals surface area (Å²) >= 11 is 0. The van der Waals surface area contributed by atoms with Gasteiger partial charge in [-0.25, -0.2) is 0 Å². The van der Waals surface area contributed by atoms with E-state index in [9.17, 15) is 0 Å². The van der Waals surface area contributed by atoms with Crippen LogP contribution in [0.4, 0.5) is 0 Å². The van der Waals surface area contributed by atoms with Gasteiger partial charge < -0.3 is 5.73 Å². The molecule has 0 aromatic rings. The van der Waals surface area contributed by atoms with Crippen molar-refractivity contribution in [1.82, 2.24) is 0 Å². The van der Waals surface area contributed by atoms with Gasteiger partial charge in [-0.1, -0.05) is 27.2 Å². The Kier molecular flexibility index (Phi) is 1.55. The maximum atomic E-state index is 5.77. The average molecular weight is 127 g/mol. The lowest BCUT2D eigenvalue weighted by Gasteiger charge is -2.50. The van der Waals surface area contributed by atoms with Crippen molar-refractivity contribution in [3.63, 3.8) is 0 Å². The zero-order valence-electron chi connectivity index (χ0n) is 6.65. The number of hydrogen-bond acceptors (Lipinski definition) is 1. The normalized spacial score (nSPS) is 50.7. The third-order valence-electron chi connectivity index (χ3n) is 3.25. The fourth-order valence-corrected chi connectivity index (χ4v) is 1.72. The monoisotopic (exact) mass is 127 g/mol. The van der Waals surface area contributed by atoms with Gasteiger partial charge in [0.05, 0.1) is 0 Å². The molecule has 3 atom stereocenters. The Morgan fingerprint density at radius 2 is 2.22 bits per heavy atom. The van der Waals surface area contributed by atoms with Gasteiger partial charge in [0.2, 0.25) is 0 Å². The molecule has 1 heteroatoms. The molecule has 1 fully saturated rings. The lowest BCUT2D eigenvalue weighted by molar-refractivity contribution is 0.0326. The molecular formula is C8H17N. The smallest absolute Gasteiger partial charge is 0.00750 e. The standard InChI is InChI=1S/C8H17N/c1-4-8(3)5-7(9)6(8)2/h6-7H,4-5,9H2,1-3H3. The van der Waals surface area contributed by atoms with Crippen LogP contribution in [-0.2, 0) is 0 Å². The van der Waals surface area contributed by atoms with E-state index in [2.05, 4.69) is 20.8 Å². The lowest BCUT2D eigenvalue weighted by Crippen LogP contribution is -2.52. The van der Waals surface area contributed by atoms with E-state index in [0.717, 1.165) is 5.92 Å². The Hall–Kier alpha value is -0.0400. The molecule has 1 rings (SSSR count). The van der Waals surface area contributed by atoms with Crippen LogP contribution < -0.4 is 5.73 Å². The molecule has 1 nitrogen and oxygen atoms in total. The van der Waals surface area contributed by atoms with Crippen LogP contribution in [0.5, 0.6) is 0 Å². The largest absolute Gasteiger partial charge is 0.327 e. The molecule has 0 saturated heterocycles. The van der Waals surface area contributed by atoms with Crippen molar-refractivity contribution >= 4 is 0 Å². The van der Waals surface area contributed by atoms with E-state index in [1.165, 1.54) is 12.8 Å². The zero-order valence-corrected chi connectivity index (χ0v) is 6.65. The summed E-state index contributed by atoms with van der Waals surface area (Å²) < 4.78 is 0. The van der Waals surface area contributed by atoms with E-state index in [1.54, 1.807) is 0 Å². The first kappa shape index (κ1) is 7.07. The second-order valence-corrected chi connectivity index (χ2v) is 3.66. The van der Waals surface area contributed by atoms with Crippen LogP contribution in [0.25, 0.3) is 0 Å². The molecule has 0 amide bonds. The second kappa shape index (κ2) is 1.98. The maximum absolute atomic E-state index is 5.77. The Bertz CT molecular complexity index is 111. The molecule has 0 radical (unpaired) electrons. The Morgan fingerprint density at radius 1 is 1.67 bits per heavy atom. The van der Waals surface area contributed by atoms with E-state index >= 15 is 0 Å². The molecule has 0 aliphatic heterocycles. The Balaban J connectivity index is 2.48. The molecule has 0 bridgehead atoms. The molecule has 54 valence electrons. The van der Waals surface area contributed by atoms with E-state index in [4.69, 9.17) is 5.73 Å². The van der Waals surface area contributed by atoms with Crippen molar-refractivity contribution in [2.45, 2.75) is 39.7 Å². The maximum Gasteiger partial charge on any atom is 0.00750 e. The highest BCUT2D eigenvalue weighted by molar-refractivity contribution is 4.97. The van der Waals surface area contributed by atoms with Crippen LogP contribution in [0.1, 0.15) is 33.6 Å². The van der Waals surface area contributed by atoms with E-state index in [0.29, 0.717) is 11.5 Å². The summed E-state index contributed by atoms with van der Waals surface area (Å²) in [5.74, 6) is 0.738. The summed E-state index contributed by atoms with van der Waals surface area (Å²) in [4.78, 5) is 0. The highest BCUT2D eigenvalue weighted by Crippen LogP contribution is 2.47. The van der Waals surface area contributed by atoms with Crippen molar-refractivity contribution in [3.05, 3.63) is 0 Å². The predicted octanol–water partition coefficient (Wildman–Crippen LogP) is 1.77. The van der Waals surface area contributed by atoms with Gasteiger partial charge in [0, 0.05) is 6.04 Å². The van der Waals surface area contributed by atoms with Gasteiger partial charge in [-0.15, -0.1) is 0 Å². The lowest BCUT2D eigenvalue weighted by atomic mass is 9.58. The van der Waals surface area contributed by atoms with Crippen molar-refractivity contribution in [2.75, 3.05) is 0 Å². The first-order valence-corrected chi connectivity index (χ1v) is 3.86. The fourth-order valence-electron chi connectivity index (χ4n) is 1.72. The minimum absolute atomic E-state index is 0.481. The van der Waals surface area contributed by atoms with E-state index in [-0.39, 0.29) is 0 Å². The van der Waals surface area contributed by atoms with E-state index < -0.39 is 0 Å². The second-order valence-electron chi connectivity index (χ2n) is 3.66. The summed E-state index contributed by atoms with van der Waals surface area (Å²) in [6, 6.07) is 0.481. The summed E-state index contributed by atoms with van der Waals surface area (Å²) in [7, 11) is 0. The molecule has 2 N–H and O–H groups in total. The molecule has 0 aromatic carbocycles. The summed E-state index contributed by atoms with van der Waals surface area (Å²) in [5, 5.41) is 0. The van der Waals surface area contributed by atoms with Gasteiger partial charge in [0.1, 0.15) is 0 Å². The zero-order chi connectivity index (χ0) is 7.07. The molecule has 1 aliphatic rings. The molecule has 1 saturated carbocycles. The first-order valence-electron chi connectivity index (χ1n) is 3.86. The van der Waals surface area contributed by atoms with Gasteiger partial charge in [-0.05, 0) is 17.8 Å². The Labute approximate surface area is 57.6 Å². The quantitative estimate of drug-likeness (QED) is 0.570. The average Bonchev–Trinajstić information content (AvgIpc) is 1.87. The fraction of sp³-hybridized carbons (Fsp3) is 1.00. The van der Waals surface area contributed by atoms with Gasteiger partial charge in [-0.3, -0.25) is 0 Å². The number of rotatable bonds is 1. The minimum atomic E-state index is 0.481. The summed E-state index contributed by atoms with van der Waals surface area (Å²) in [6.07, 6.45) is 2.51. The highest BCUT2D eigenvalue weighted by atomic mass is 14.7. The third-order valence-corrected chi connectivity index (χ3v) is 3.25. The van der Waals surface area contributed by atoms with Crippen LogP contribution in [-0.4, -0.2) is 6.04 Å². The van der Waals surface area contributed by atoms with Gasteiger partial charge in [-0.2, -0.15) is 0 Å². The SMILES string of the molecule is CCC1(C)CC(N)C1C. The topological polar surface area (TPSA) is 26.0 Å². The number of hydrogen-bond donors (Lipinski definition) is 1. The van der Waals surface area contributed by atoms with Crippen molar-refractivity contribution in [3.8, 4) is 0 Å². The van der Waals surface area contributed by atoms with Gasteiger partial charge in [0.25, 0.3) is 0 Å². The molecule has 0 aromatic heterocycles. The van der Waals surface area contributed by atoms with E-state index in [1.807, 2.05) is 0 Å². The van der Waals surface area contributed by atoms with Crippen LogP contribution >= 0.6 is 0 Å². The third kappa shape index (κ3) is 0.877. The van der Waals surface area contributed by atoms with Crippen molar-refractivity contribution in [2.24, 2.45) is 17.1 Å². The minimum Gasteiger partial charge on any atom is -0.327 e. The highest BCUT2D eigenvalue weighted by Gasteiger charge is 2.43. The summed E-state index contributed by atoms with van der Waals surface area (Å²) in [6.45, 7) is 6.85. The van der Waals surface area contributed by atoms with Gasteiger partial charge in [0.15, 0.2) is 0 Å². The number of nitrogens with two attached hydrogens (primary N) is 1. The van der Waals surface area contributed by atoms with Crippen LogP contribution in [0.2, 0.25) is 0 Å². The first-order chi connectivity index (χ1) is 4.10. The van der Waals surface area contributed by atoms with Crippen LogP contribution in [0.15, 0.2) is 0 Å².